The van der Waals surface area contributed by atoms with E-state index < -0.39 is 12.1 Å². The Morgan fingerprint density at radius 3 is 2.54 bits per heavy atom. The van der Waals surface area contributed by atoms with Crippen molar-refractivity contribution in [2.75, 3.05) is 72.2 Å². The third kappa shape index (κ3) is 10.9. The summed E-state index contributed by atoms with van der Waals surface area (Å²) < 4.78 is 28.9. The van der Waals surface area contributed by atoms with E-state index in [9.17, 15) is 9.59 Å². The van der Waals surface area contributed by atoms with Gasteiger partial charge in [-0.2, -0.15) is 0 Å². The number of nitrogens with zero attached hydrogens (tertiary/aromatic N) is 3. The Hall–Kier alpha value is -3.66. The van der Waals surface area contributed by atoms with Crippen molar-refractivity contribution < 1.29 is 48.5 Å². The minimum atomic E-state index is -0.503. The number of amides is 2. The normalized spacial score (nSPS) is 19.1. The summed E-state index contributed by atoms with van der Waals surface area (Å²) in [6.45, 7) is 3.83. The van der Waals surface area contributed by atoms with Crippen molar-refractivity contribution in [3.8, 4) is 11.5 Å². The number of carbonyl (C=O) groups excluding carboxylic acids is 2. The fourth-order valence-electron chi connectivity index (χ4n) is 6.16. The summed E-state index contributed by atoms with van der Waals surface area (Å²) in [6.07, 6.45) is 2.43. The van der Waals surface area contributed by atoms with Crippen LogP contribution in [0.25, 0.3) is 0 Å². The van der Waals surface area contributed by atoms with E-state index in [-0.39, 0.29) is 49.5 Å². The lowest BCUT2D eigenvalue weighted by Gasteiger charge is -2.43. The third-order valence-corrected chi connectivity index (χ3v) is 8.71. The molecule has 2 amide bonds. The molecular formula is C34H50N4O10. The van der Waals surface area contributed by atoms with Crippen LogP contribution in [0.1, 0.15) is 55.6 Å². The van der Waals surface area contributed by atoms with E-state index in [0.29, 0.717) is 45.5 Å². The second kappa shape index (κ2) is 19.4. The maximum absolute atomic E-state index is 13.5. The van der Waals surface area contributed by atoms with E-state index in [1.54, 1.807) is 26.2 Å². The SMILES string of the molecule is CNC(=O)CC1CC(c2ccc(OC)cc2)C(OCc2ccc3c(c2)N(CCCOC)CCO3)CN1C(=O)OCCCCCON(O)O. The molecule has 3 unspecified atom stereocenters. The van der Waals surface area contributed by atoms with Crippen molar-refractivity contribution in [1.29, 1.82) is 0 Å². The molecule has 0 aromatic heterocycles. The molecule has 0 saturated carbocycles. The van der Waals surface area contributed by atoms with Crippen LogP contribution in [0.2, 0.25) is 0 Å². The van der Waals surface area contributed by atoms with Gasteiger partial charge in [0.25, 0.3) is 0 Å². The fourth-order valence-corrected chi connectivity index (χ4v) is 6.16. The fraction of sp³-hybridized carbons (Fsp3) is 0.588. The molecule has 3 atom stereocenters. The second-order valence-electron chi connectivity index (χ2n) is 11.9. The van der Waals surface area contributed by atoms with E-state index in [4.69, 9.17) is 34.1 Å². The minimum Gasteiger partial charge on any atom is -0.497 e. The average Bonchev–Trinajstić information content (AvgIpc) is 3.10. The Morgan fingerprint density at radius 1 is 1.02 bits per heavy atom. The summed E-state index contributed by atoms with van der Waals surface area (Å²) in [5, 5.41) is 19.7. The highest BCUT2D eigenvalue weighted by Gasteiger charge is 2.41. The maximum atomic E-state index is 13.5. The number of likely N-dealkylation sites (tertiary alicyclic amines) is 1. The van der Waals surface area contributed by atoms with Crippen LogP contribution in [0, 0.1) is 0 Å². The van der Waals surface area contributed by atoms with Gasteiger partial charge in [-0.25, -0.2) is 4.79 Å². The Morgan fingerprint density at radius 2 is 1.81 bits per heavy atom. The molecule has 0 spiro atoms. The highest BCUT2D eigenvalue weighted by atomic mass is 17.1. The van der Waals surface area contributed by atoms with Gasteiger partial charge in [0.1, 0.15) is 18.1 Å². The zero-order valence-electron chi connectivity index (χ0n) is 28.2. The summed E-state index contributed by atoms with van der Waals surface area (Å²) in [4.78, 5) is 34.6. The molecule has 2 aliphatic heterocycles. The van der Waals surface area contributed by atoms with Crippen LogP contribution in [0.15, 0.2) is 42.5 Å². The van der Waals surface area contributed by atoms with Gasteiger partial charge in [0, 0.05) is 45.7 Å². The maximum Gasteiger partial charge on any atom is 0.410 e. The molecular weight excluding hydrogens is 624 g/mol. The van der Waals surface area contributed by atoms with Gasteiger partial charge < -0.3 is 38.8 Å². The van der Waals surface area contributed by atoms with Gasteiger partial charge in [-0.15, -0.1) is 0 Å². The lowest BCUT2D eigenvalue weighted by Crippen LogP contribution is -2.53. The monoisotopic (exact) mass is 674 g/mol. The van der Waals surface area contributed by atoms with Crippen LogP contribution in [-0.4, -0.2) is 112 Å². The molecule has 0 bridgehead atoms. The topological polar surface area (TPSA) is 152 Å². The quantitative estimate of drug-likeness (QED) is 0.154. The molecule has 48 heavy (non-hydrogen) atoms. The Kier molecular flexibility index (Phi) is 15.0. The molecule has 14 nitrogen and oxygen atoms in total. The van der Waals surface area contributed by atoms with Crippen molar-refractivity contribution >= 4 is 17.7 Å². The number of rotatable bonds is 18. The average molecular weight is 675 g/mol. The van der Waals surface area contributed by atoms with Gasteiger partial charge in [0.05, 0.1) is 57.2 Å². The van der Waals surface area contributed by atoms with Crippen LogP contribution < -0.4 is 19.7 Å². The van der Waals surface area contributed by atoms with E-state index >= 15 is 0 Å². The highest BCUT2D eigenvalue weighted by Crippen LogP contribution is 2.38. The van der Waals surface area contributed by atoms with Gasteiger partial charge >= 0.3 is 6.09 Å². The van der Waals surface area contributed by atoms with Gasteiger partial charge in [-0.3, -0.25) is 20.0 Å². The predicted octanol–water partition coefficient (Wildman–Crippen LogP) is 4.13. The van der Waals surface area contributed by atoms with Gasteiger partial charge in [-0.05, 0) is 67.5 Å². The first-order valence-electron chi connectivity index (χ1n) is 16.5. The number of methoxy groups -OCH3 is 2. The van der Waals surface area contributed by atoms with Crippen LogP contribution in [0.4, 0.5) is 10.5 Å². The molecule has 1 saturated heterocycles. The lowest BCUT2D eigenvalue weighted by molar-refractivity contribution is -0.492. The second-order valence-corrected chi connectivity index (χ2v) is 11.9. The molecule has 3 N–H and O–H groups in total. The number of benzene rings is 2. The van der Waals surface area contributed by atoms with Crippen LogP contribution in [0.5, 0.6) is 11.5 Å². The lowest BCUT2D eigenvalue weighted by atomic mass is 9.82. The Balaban J connectivity index is 1.50. The Labute approximate surface area is 282 Å². The molecule has 2 aromatic carbocycles. The number of ether oxygens (including phenoxy) is 5. The number of unbranched alkanes of at least 4 members (excludes halogenated alkanes) is 2. The summed E-state index contributed by atoms with van der Waals surface area (Å²) in [7, 11) is 4.91. The summed E-state index contributed by atoms with van der Waals surface area (Å²) in [5.41, 5.74) is 3.05. The molecule has 0 aliphatic carbocycles. The molecule has 2 aromatic rings. The number of carbonyl (C=O) groups is 2. The number of anilines is 1. The van der Waals surface area contributed by atoms with Gasteiger partial charge in [-0.1, -0.05) is 18.2 Å². The number of fused-ring (bicyclic) bond motifs is 1. The van der Waals surface area contributed by atoms with Crippen molar-refractivity contribution in [3.63, 3.8) is 0 Å². The predicted molar refractivity (Wildman–Crippen MR) is 175 cm³/mol. The van der Waals surface area contributed by atoms with Crippen molar-refractivity contribution in [1.82, 2.24) is 15.6 Å². The molecule has 1 fully saturated rings. The van der Waals surface area contributed by atoms with Gasteiger partial charge in [0.15, 0.2) is 0 Å². The summed E-state index contributed by atoms with van der Waals surface area (Å²) >= 11 is 0. The first-order valence-corrected chi connectivity index (χ1v) is 16.5. The van der Waals surface area contributed by atoms with E-state index in [2.05, 4.69) is 21.1 Å². The third-order valence-electron chi connectivity index (χ3n) is 8.71. The van der Waals surface area contributed by atoms with E-state index in [1.807, 2.05) is 36.4 Å². The van der Waals surface area contributed by atoms with Crippen molar-refractivity contribution in [2.24, 2.45) is 0 Å². The zero-order chi connectivity index (χ0) is 34.3. The molecule has 266 valence electrons. The molecule has 14 heteroatoms. The van der Waals surface area contributed by atoms with E-state index in [1.165, 1.54) is 0 Å². The summed E-state index contributed by atoms with van der Waals surface area (Å²) in [5.74, 6) is 1.32. The molecule has 2 aliphatic rings. The van der Waals surface area contributed by atoms with Crippen molar-refractivity contribution in [3.05, 3.63) is 53.6 Å². The standard InChI is InChI=1S/C34H50N4O10/c1-35-33(39)22-27-21-29(26-9-11-28(44-3)12-10-26)32(23-37(27)34(40)46-17-5-4-6-18-48-38(41)42)47-24-25-8-13-31-30(20-25)36(15-19-45-31)14-7-16-43-2/h8-13,20,27,29,32,41-42H,4-7,14-19,21-24H2,1-3H3,(H,35,39). The van der Waals surface area contributed by atoms with Gasteiger partial charge in [0.2, 0.25) is 5.91 Å². The first-order chi connectivity index (χ1) is 23.3. The number of hydrogen-bond donors (Lipinski definition) is 3. The highest BCUT2D eigenvalue weighted by molar-refractivity contribution is 5.77. The number of hydrogen-bond acceptors (Lipinski definition) is 12. The zero-order valence-corrected chi connectivity index (χ0v) is 28.2. The molecule has 0 radical (unpaired) electrons. The largest absolute Gasteiger partial charge is 0.497 e. The van der Waals surface area contributed by atoms with E-state index in [0.717, 1.165) is 47.8 Å². The van der Waals surface area contributed by atoms with Crippen molar-refractivity contribution in [2.45, 2.75) is 63.2 Å². The molecule has 4 rings (SSSR count). The molecule has 2 heterocycles. The van der Waals surface area contributed by atoms with Crippen LogP contribution in [0.3, 0.4) is 0 Å². The number of nitrogens with one attached hydrogen (secondary N) is 1. The van der Waals surface area contributed by atoms with Crippen LogP contribution in [-0.2, 0) is 30.4 Å². The Bertz CT molecular complexity index is 1280. The number of piperidine rings is 1. The van der Waals surface area contributed by atoms with Crippen LogP contribution >= 0.6 is 0 Å². The first kappa shape index (κ1) is 37.2. The minimum absolute atomic E-state index is 0.0984. The summed E-state index contributed by atoms with van der Waals surface area (Å²) in [6, 6.07) is 13.5. The smallest absolute Gasteiger partial charge is 0.410 e.